The van der Waals surface area contributed by atoms with Crippen LogP contribution < -0.4 is 0 Å². The van der Waals surface area contributed by atoms with E-state index in [4.69, 9.17) is 5.26 Å². The Morgan fingerprint density at radius 3 is 2.33 bits per heavy atom. The smallest absolute Gasteiger partial charge is 0.124 e. The fraction of sp³-hybridized carbons (Fsp3) is 0.714. The van der Waals surface area contributed by atoms with E-state index in [0.29, 0.717) is 0 Å². The summed E-state index contributed by atoms with van der Waals surface area (Å²) >= 11 is 0. The Kier molecular flexibility index (Phi) is 1.10. The van der Waals surface area contributed by atoms with E-state index in [-0.39, 0.29) is 17.3 Å². The third-order valence-electron chi connectivity index (χ3n) is 2.20. The van der Waals surface area contributed by atoms with E-state index in [1.165, 1.54) is 0 Å². The van der Waals surface area contributed by atoms with Gasteiger partial charge in [-0.2, -0.15) is 5.26 Å². The minimum atomic E-state index is -0.0451. The van der Waals surface area contributed by atoms with Gasteiger partial charge < -0.3 is 4.79 Å². The molecular formula is C7H9NO. The highest BCUT2D eigenvalue weighted by molar-refractivity contribution is 5.62. The Morgan fingerprint density at radius 1 is 1.67 bits per heavy atom. The average Bonchev–Trinajstić information content (AvgIpc) is 2.32. The fourth-order valence-electron chi connectivity index (χ4n) is 1.18. The molecule has 1 rings (SSSR count). The molecule has 1 fully saturated rings. The monoisotopic (exact) mass is 123 g/mol. The lowest BCUT2D eigenvalue weighted by molar-refractivity contribution is -0.109. The molecule has 0 heterocycles. The Labute approximate surface area is 54.5 Å². The molecule has 0 amide bonds. The topological polar surface area (TPSA) is 40.9 Å². The number of nitriles is 1. The molecule has 0 N–H and O–H groups in total. The van der Waals surface area contributed by atoms with Crippen molar-refractivity contribution >= 4 is 6.29 Å². The maximum absolute atomic E-state index is 10.2. The molecule has 2 atom stereocenters. The summed E-state index contributed by atoms with van der Waals surface area (Å²) in [6.45, 7) is 3.89. The van der Waals surface area contributed by atoms with Crippen molar-refractivity contribution in [1.82, 2.24) is 0 Å². The predicted molar refractivity (Wildman–Crippen MR) is 32.4 cm³/mol. The maximum atomic E-state index is 10.2. The number of aldehydes is 1. The van der Waals surface area contributed by atoms with Gasteiger partial charge in [-0.3, -0.25) is 0 Å². The van der Waals surface area contributed by atoms with Crippen LogP contribution >= 0.6 is 0 Å². The highest BCUT2D eigenvalue weighted by Crippen LogP contribution is 2.56. The van der Waals surface area contributed by atoms with Crippen molar-refractivity contribution in [3.8, 4) is 6.07 Å². The first-order valence-electron chi connectivity index (χ1n) is 2.99. The van der Waals surface area contributed by atoms with Gasteiger partial charge in [0.1, 0.15) is 6.29 Å². The maximum Gasteiger partial charge on any atom is 0.124 e. The van der Waals surface area contributed by atoms with Crippen molar-refractivity contribution in [2.45, 2.75) is 13.8 Å². The lowest BCUT2D eigenvalue weighted by Crippen LogP contribution is -1.89. The van der Waals surface area contributed by atoms with E-state index >= 15 is 0 Å². The molecule has 0 aliphatic heterocycles. The molecule has 0 aromatic carbocycles. The van der Waals surface area contributed by atoms with E-state index < -0.39 is 0 Å². The highest BCUT2D eigenvalue weighted by Gasteiger charge is 2.58. The lowest BCUT2D eigenvalue weighted by atomic mass is 10.1. The van der Waals surface area contributed by atoms with Crippen LogP contribution in [-0.2, 0) is 4.79 Å². The van der Waals surface area contributed by atoms with Gasteiger partial charge in [0.2, 0.25) is 0 Å². The minimum Gasteiger partial charge on any atom is -0.303 e. The summed E-state index contributed by atoms with van der Waals surface area (Å²) in [5.41, 5.74) is -0.0451. The summed E-state index contributed by atoms with van der Waals surface area (Å²) in [6.07, 6.45) is 0.883. The Morgan fingerprint density at radius 2 is 2.22 bits per heavy atom. The first-order chi connectivity index (χ1) is 4.14. The van der Waals surface area contributed by atoms with E-state index in [0.717, 1.165) is 6.29 Å². The molecule has 2 nitrogen and oxygen atoms in total. The number of rotatable bonds is 1. The number of nitrogens with zero attached hydrogens (tertiary/aromatic N) is 1. The Bertz CT molecular complexity index is 178. The van der Waals surface area contributed by atoms with Crippen molar-refractivity contribution in [3.63, 3.8) is 0 Å². The second kappa shape index (κ2) is 1.57. The molecule has 0 saturated heterocycles. The van der Waals surface area contributed by atoms with Crippen molar-refractivity contribution in [2.75, 3.05) is 0 Å². The molecule has 0 spiro atoms. The van der Waals surface area contributed by atoms with Crippen LogP contribution in [0.1, 0.15) is 13.8 Å². The second-order valence-electron chi connectivity index (χ2n) is 3.09. The third kappa shape index (κ3) is 0.647. The van der Waals surface area contributed by atoms with Gasteiger partial charge in [-0.15, -0.1) is 0 Å². The number of carbonyl (C=O) groups is 1. The number of carbonyl (C=O) groups excluding carboxylic acids is 1. The Hall–Kier alpha value is -0.840. The molecular weight excluding hydrogens is 114 g/mol. The van der Waals surface area contributed by atoms with Crippen LogP contribution in [0.15, 0.2) is 0 Å². The van der Waals surface area contributed by atoms with Crippen molar-refractivity contribution in [3.05, 3.63) is 0 Å². The van der Waals surface area contributed by atoms with E-state index in [1.54, 1.807) is 0 Å². The van der Waals surface area contributed by atoms with E-state index in [1.807, 2.05) is 13.8 Å². The molecule has 9 heavy (non-hydrogen) atoms. The quantitative estimate of drug-likeness (QED) is 0.488. The number of hydrogen-bond donors (Lipinski definition) is 0. The minimum absolute atomic E-state index is 0.0116. The molecule has 0 radical (unpaired) electrons. The van der Waals surface area contributed by atoms with Gasteiger partial charge in [0.25, 0.3) is 0 Å². The standard InChI is InChI=1S/C7H9NO/c1-7(2)5(3-8)6(7)4-9/h4-6H,1-2H3/t5-,6-/m0/s1. The normalized spacial score (nSPS) is 37.0. The summed E-state index contributed by atoms with van der Waals surface area (Å²) in [5.74, 6) is -0.0440. The predicted octanol–water partition coefficient (Wildman–Crippen LogP) is 0.981. The van der Waals surface area contributed by atoms with Crippen molar-refractivity contribution in [1.29, 1.82) is 5.26 Å². The Balaban J connectivity index is 2.68. The van der Waals surface area contributed by atoms with E-state index in [9.17, 15) is 4.79 Å². The summed E-state index contributed by atoms with van der Waals surface area (Å²) in [6, 6.07) is 2.10. The van der Waals surface area contributed by atoms with Crippen LogP contribution in [0.25, 0.3) is 0 Å². The average molecular weight is 123 g/mol. The first-order valence-corrected chi connectivity index (χ1v) is 2.99. The molecule has 48 valence electrons. The first kappa shape index (κ1) is 6.28. The molecule has 1 saturated carbocycles. The summed E-state index contributed by atoms with van der Waals surface area (Å²) in [4.78, 5) is 10.2. The molecule has 0 unspecified atom stereocenters. The fourth-order valence-corrected chi connectivity index (χ4v) is 1.18. The summed E-state index contributed by atoms with van der Waals surface area (Å²) in [7, 11) is 0. The van der Waals surface area contributed by atoms with Crippen molar-refractivity contribution < 1.29 is 4.79 Å². The SMILES string of the molecule is CC1(C)[C@@H](C#N)[C@@H]1C=O. The van der Waals surface area contributed by atoms with Crippen LogP contribution in [0.5, 0.6) is 0 Å². The zero-order valence-corrected chi connectivity index (χ0v) is 5.59. The van der Waals surface area contributed by atoms with Crippen LogP contribution in [0.4, 0.5) is 0 Å². The lowest BCUT2D eigenvalue weighted by Gasteiger charge is -1.92. The second-order valence-corrected chi connectivity index (χ2v) is 3.09. The van der Waals surface area contributed by atoms with Gasteiger partial charge >= 0.3 is 0 Å². The third-order valence-corrected chi connectivity index (χ3v) is 2.20. The summed E-state index contributed by atoms with van der Waals surface area (Å²) in [5, 5.41) is 8.43. The van der Waals surface area contributed by atoms with Gasteiger partial charge in [-0.1, -0.05) is 13.8 Å². The molecule has 0 bridgehead atoms. The van der Waals surface area contributed by atoms with Crippen molar-refractivity contribution in [2.24, 2.45) is 17.3 Å². The van der Waals surface area contributed by atoms with Crippen LogP contribution in [0.3, 0.4) is 0 Å². The molecule has 0 aromatic heterocycles. The number of hydrogen-bond acceptors (Lipinski definition) is 2. The van der Waals surface area contributed by atoms with Crippen LogP contribution in [-0.4, -0.2) is 6.29 Å². The molecule has 1 aliphatic carbocycles. The van der Waals surface area contributed by atoms with Gasteiger partial charge in [0.15, 0.2) is 0 Å². The molecule has 1 aliphatic rings. The van der Waals surface area contributed by atoms with Crippen LogP contribution in [0.2, 0.25) is 0 Å². The van der Waals surface area contributed by atoms with Gasteiger partial charge in [0.05, 0.1) is 12.0 Å². The van der Waals surface area contributed by atoms with Gasteiger partial charge in [0, 0.05) is 5.92 Å². The van der Waals surface area contributed by atoms with Gasteiger partial charge in [-0.05, 0) is 5.41 Å². The molecule has 0 aromatic rings. The van der Waals surface area contributed by atoms with Crippen LogP contribution in [0, 0.1) is 28.6 Å². The zero-order chi connectivity index (χ0) is 7.07. The summed E-state index contributed by atoms with van der Waals surface area (Å²) < 4.78 is 0. The van der Waals surface area contributed by atoms with Gasteiger partial charge in [-0.25, -0.2) is 0 Å². The largest absolute Gasteiger partial charge is 0.303 e. The molecule has 2 heteroatoms. The van der Waals surface area contributed by atoms with E-state index in [2.05, 4.69) is 6.07 Å². The highest BCUT2D eigenvalue weighted by atomic mass is 16.1. The zero-order valence-electron chi connectivity index (χ0n) is 5.59.